The first-order chi connectivity index (χ1) is 7.70. The van der Waals surface area contributed by atoms with Gasteiger partial charge in [-0.05, 0) is 24.5 Å². The van der Waals surface area contributed by atoms with Crippen molar-refractivity contribution in [3.05, 3.63) is 23.0 Å². The molecule has 5 heteroatoms. The second-order valence-electron chi connectivity index (χ2n) is 3.82. The van der Waals surface area contributed by atoms with E-state index in [0.29, 0.717) is 6.04 Å². The average Bonchev–Trinajstić information content (AvgIpc) is 2.28. The zero-order chi connectivity index (χ0) is 11.5. The maximum atomic E-state index is 13.2. The number of hydrogen-bond acceptors (Lipinski definition) is 3. The summed E-state index contributed by atoms with van der Waals surface area (Å²) in [5, 5.41) is 6.76. The quantitative estimate of drug-likeness (QED) is 0.871. The van der Waals surface area contributed by atoms with Crippen molar-refractivity contribution in [3.8, 4) is 0 Å². The van der Waals surface area contributed by atoms with Gasteiger partial charge in [0.15, 0.2) is 0 Å². The van der Waals surface area contributed by atoms with Crippen LogP contribution in [0, 0.1) is 5.82 Å². The van der Waals surface area contributed by atoms with E-state index in [-0.39, 0.29) is 10.8 Å². The number of nitrogens with one attached hydrogen (secondary N) is 2. The maximum Gasteiger partial charge on any atom is 0.143 e. The molecule has 2 N–H and O–H groups in total. The topological polar surface area (TPSA) is 24.1 Å². The minimum atomic E-state index is -0.378. The predicted molar refractivity (Wildman–Crippen MR) is 70.3 cm³/mol. The van der Waals surface area contributed by atoms with Crippen molar-refractivity contribution < 1.29 is 4.39 Å². The second kappa shape index (κ2) is 5.15. The molecule has 0 amide bonds. The molecule has 0 aliphatic carbocycles. The third kappa shape index (κ3) is 2.55. The highest BCUT2D eigenvalue weighted by Crippen LogP contribution is 2.31. The van der Waals surface area contributed by atoms with Gasteiger partial charge in [0.1, 0.15) is 5.82 Å². The molecule has 0 radical (unpaired) electrons. The van der Waals surface area contributed by atoms with E-state index >= 15 is 0 Å². The van der Waals surface area contributed by atoms with Gasteiger partial charge in [0, 0.05) is 18.7 Å². The van der Waals surface area contributed by atoms with Gasteiger partial charge in [-0.1, -0.05) is 11.6 Å². The van der Waals surface area contributed by atoms with Crippen LogP contribution in [-0.2, 0) is 0 Å². The highest BCUT2D eigenvalue weighted by molar-refractivity contribution is 7.98. The largest absolute Gasteiger partial charge is 0.381 e. The molecule has 2 rings (SSSR count). The Morgan fingerprint density at radius 2 is 2.31 bits per heavy atom. The van der Waals surface area contributed by atoms with Crippen molar-refractivity contribution in [3.63, 3.8) is 0 Å². The van der Waals surface area contributed by atoms with Crippen molar-refractivity contribution in [2.24, 2.45) is 0 Å². The molecule has 0 bridgehead atoms. The Hall–Kier alpha value is -0.610. The summed E-state index contributed by atoms with van der Waals surface area (Å²) in [4.78, 5) is 0. The van der Waals surface area contributed by atoms with E-state index in [4.69, 9.17) is 11.6 Å². The number of benzene rings is 1. The monoisotopic (exact) mass is 260 g/mol. The van der Waals surface area contributed by atoms with Crippen molar-refractivity contribution in [2.45, 2.75) is 12.5 Å². The van der Waals surface area contributed by atoms with Gasteiger partial charge in [-0.25, -0.2) is 4.39 Å². The van der Waals surface area contributed by atoms with Crippen LogP contribution in [0.25, 0.3) is 0 Å². The smallest absolute Gasteiger partial charge is 0.143 e. The standard InChI is InChI=1S/C11H14ClFN2S/c1-16-3-2-7-6-14-10-5-9(13)8(12)4-11(10)15-7/h4-5,7,14-15H,2-3,6H2,1H3. The number of thioether (sulfide) groups is 1. The molecule has 0 aromatic heterocycles. The molecule has 1 aliphatic rings. The zero-order valence-electron chi connectivity index (χ0n) is 9.02. The molecule has 0 spiro atoms. The van der Waals surface area contributed by atoms with Crippen LogP contribution in [0.5, 0.6) is 0 Å². The van der Waals surface area contributed by atoms with Crippen molar-refractivity contribution in [2.75, 3.05) is 29.2 Å². The lowest BCUT2D eigenvalue weighted by Crippen LogP contribution is -2.33. The third-order valence-corrected chi connectivity index (χ3v) is 3.56. The summed E-state index contributed by atoms with van der Waals surface area (Å²) >= 11 is 7.58. The van der Waals surface area contributed by atoms with Crippen molar-refractivity contribution in [1.29, 1.82) is 0 Å². The Labute approximate surface area is 104 Å². The van der Waals surface area contributed by atoms with Gasteiger partial charge < -0.3 is 10.6 Å². The lowest BCUT2D eigenvalue weighted by Gasteiger charge is -2.28. The lowest BCUT2D eigenvalue weighted by molar-refractivity contribution is 0.627. The number of halogens is 2. The lowest BCUT2D eigenvalue weighted by atomic mass is 10.1. The van der Waals surface area contributed by atoms with Crippen LogP contribution in [0.15, 0.2) is 12.1 Å². The number of rotatable bonds is 3. The Morgan fingerprint density at radius 3 is 3.06 bits per heavy atom. The van der Waals surface area contributed by atoms with E-state index in [0.717, 1.165) is 30.1 Å². The maximum absolute atomic E-state index is 13.2. The number of hydrogen-bond donors (Lipinski definition) is 2. The van der Waals surface area contributed by atoms with Gasteiger partial charge in [-0.3, -0.25) is 0 Å². The summed E-state index contributed by atoms with van der Waals surface area (Å²) in [6.07, 6.45) is 3.18. The minimum Gasteiger partial charge on any atom is -0.381 e. The highest BCUT2D eigenvalue weighted by Gasteiger charge is 2.18. The van der Waals surface area contributed by atoms with Crippen LogP contribution in [-0.4, -0.2) is 24.6 Å². The fraction of sp³-hybridized carbons (Fsp3) is 0.455. The molecule has 1 heterocycles. The summed E-state index contributed by atoms with van der Waals surface area (Å²) in [6, 6.07) is 3.47. The normalized spacial score (nSPS) is 18.6. The molecule has 0 saturated heterocycles. The number of anilines is 2. The van der Waals surface area contributed by atoms with Gasteiger partial charge in [-0.2, -0.15) is 11.8 Å². The SMILES string of the molecule is CSCCC1CNc2cc(F)c(Cl)cc2N1. The molecule has 0 saturated carbocycles. The van der Waals surface area contributed by atoms with Gasteiger partial charge in [0.25, 0.3) is 0 Å². The molecule has 1 unspecified atom stereocenters. The summed E-state index contributed by atoms with van der Waals surface area (Å²) in [5.74, 6) is 0.737. The van der Waals surface area contributed by atoms with E-state index in [2.05, 4.69) is 16.9 Å². The average molecular weight is 261 g/mol. The summed E-state index contributed by atoms with van der Waals surface area (Å²) in [6.45, 7) is 0.828. The Kier molecular flexibility index (Phi) is 3.82. The van der Waals surface area contributed by atoms with Gasteiger partial charge in [-0.15, -0.1) is 0 Å². The van der Waals surface area contributed by atoms with Crippen LogP contribution in [0.2, 0.25) is 5.02 Å². The molecule has 1 aromatic rings. The van der Waals surface area contributed by atoms with Crippen molar-refractivity contribution >= 4 is 34.7 Å². The van der Waals surface area contributed by atoms with E-state index in [1.165, 1.54) is 6.07 Å². The van der Waals surface area contributed by atoms with Gasteiger partial charge in [0.05, 0.1) is 16.4 Å². The van der Waals surface area contributed by atoms with Crippen LogP contribution < -0.4 is 10.6 Å². The van der Waals surface area contributed by atoms with E-state index in [1.807, 2.05) is 11.8 Å². The van der Waals surface area contributed by atoms with Crippen molar-refractivity contribution in [1.82, 2.24) is 0 Å². The molecule has 2 nitrogen and oxygen atoms in total. The number of fused-ring (bicyclic) bond motifs is 1. The van der Waals surface area contributed by atoms with Gasteiger partial charge >= 0.3 is 0 Å². The highest BCUT2D eigenvalue weighted by atomic mass is 35.5. The first-order valence-electron chi connectivity index (χ1n) is 5.19. The minimum absolute atomic E-state index is 0.165. The first kappa shape index (κ1) is 11.9. The summed E-state index contributed by atoms with van der Waals surface area (Å²) in [5.41, 5.74) is 1.69. The Bertz CT molecular complexity index is 386. The second-order valence-corrected chi connectivity index (χ2v) is 5.21. The summed E-state index contributed by atoms with van der Waals surface area (Å²) in [7, 11) is 0. The molecular formula is C11H14ClFN2S. The first-order valence-corrected chi connectivity index (χ1v) is 6.96. The van der Waals surface area contributed by atoms with Crippen LogP contribution in [0.3, 0.4) is 0 Å². The molecule has 88 valence electrons. The molecule has 1 aliphatic heterocycles. The van der Waals surface area contributed by atoms with Gasteiger partial charge in [0.2, 0.25) is 0 Å². The fourth-order valence-electron chi connectivity index (χ4n) is 1.75. The van der Waals surface area contributed by atoms with E-state index in [9.17, 15) is 4.39 Å². The molecular weight excluding hydrogens is 247 g/mol. The molecule has 1 aromatic carbocycles. The van der Waals surface area contributed by atoms with Crippen LogP contribution in [0.4, 0.5) is 15.8 Å². The van der Waals surface area contributed by atoms with E-state index < -0.39 is 0 Å². The van der Waals surface area contributed by atoms with E-state index in [1.54, 1.807) is 6.07 Å². The summed E-state index contributed by atoms with van der Waals surface area (Å²) < 4.78 is 13.2. The van der Waals surface area contributed by atoms with Crippen LogP contribution in [0.1, 0.15) is 6.42 Å². The fourth-order valence-corrected chi connectivity index (χ4v) is 2.43. The Balaban J connectivity index is 2.11. The third-order valence-electron chi connectivity index (χ3n) is 2.63. The van der Waals surface area contributed by atoms with Crippen LogP contribution >= 0.6 is 23.4 Å². The molecule has 16 heavy (non-hydrogen) atoms. The Morgan fingerprint density at radius 1 is 1.50 bits per heavy atom. The predicted octanol–water partition coefficient (Wildman–Crippen LogP) is 3.44. The zero-order valence-corrected chi connectivity index (χ0v) is 10.6. The molecule has 1 atom stereocenters. The molecule has 0 fully saturated rings.